The Labute approximate surface area is 294 Å². The summed E-state index contributed by atoms with van der Waals surface area (Å²) in [5.74, 6) is -3.95. The smallest absolute Gasteiger partial charge is 0.435 e. The van der Waals surface area contributed by atoms with Crippen molar-refractivity contribution in [1.29, 1.82) is 0 Å². The summed E-state index contributed by atoms with van der Waals surface area (Å²) < 4.78 is 60.7. The summed E-state index contributed by atoms with van der Waals surface area (Å²) in [4.78, 5) is 70.6. The van der Waals surface area contributed by atoms with Crippen molar-refractivity contribution in [2.45, 2.75) is 51.1 Å². The van der Waals surface area contributed by atoms with Crippen molar-refractivity contribution in [3.8, 4) is 0 Å². The molecule has 1 spiro atoms. The second-order valence-electron chi connectivity index (χ2n) is 13.1. The van der Waals surface area contributed by atoms with E-state index in [2.05, 4.69) is 10.4 Å². The fraction of sp³-hybridized carbons (Fsp3) is 0.333. The molecule has 272 valence electrons. The molecule has 1 atom stereocenters. The number of urea groups is 1. The Balaban J connectivity index is 1.19. The van der Waals surface area contributed by atoms with Gasteiger partial charge in [0.25, 0.3) is 11.8 Å². The zero-order chi connectivity index (χ0) is 37.5. The number of ether oxygens (including phenoxy) is 1. The number of nitrogens with one attached hydrogen (secondary N) is 1. The molecule has 2 fully saturated rings. The van der Waals surface area contributed by atoms with Crippen molar-refractivity contribution in [3.05, 3.63) is 95.4 Å². The van der Waals surface area contributed by atoms with Gasteiger partial charge in [-0.25, -0.2) is 14.0 Å². The van der Waals surface area contributed by atoms with E-state index in [4.69, 9.17) is 4.74 Å². The van der Waals surface area contributed by atoms with Gasteiger partial charge in [-0.3, -0.25) is 24.2 Å². The van der Waals surface area contributed by atoms with Gasteiger partial charge < -0.3 is 15.0 Å². The highest BCUT2D eigenvalue weighted by Gasteiger charge is 2.58. The third-order valence-corrected chi connectivity index (χ3v) is 9.46. The first-order valence-corrected chi connectivity index (χ1v) is 16.4. The molecule has 0 radical (unpaired) electrons. The van der Waals surface area contributed by atoms with Crippen LogP contribution in [0.2, 0.25) is 0 Å². The van der Waals surface area contributed by atoms with Gasteiger partial charge in [-0.1, -0.05) is 44.2 Å². The number of fused-ring (bicyclic) bond motifs is 1. The summed E-state index contributed by atoms with van der Waals surface area (Å²) in [6.07, 6.45) is -4.03. The van der Waals surface area contributed by atoms with Crippen LogP contribution >= 0.6 is 0 Å². The number of amides is 5. The molecule has 0 aliphatic carbocycles. The zero-order valence-electron chi connectivity index (χ0n) is 28.3. The van der Waals surface area contributed by atoms with Gasteiger partial charge in [0.15, 0.2) is 0 Å². The van der Waals surface area contributed by atoms with Gasteiger partial charge in [0, 0.05) is 31.2 Å². The lowest BCUT2D eigenvalue weighted by molar-refractivity contribution is -0.139. The topological polar surface area (TPSA) is 134 Å². The predicted octanol–water partition coefficient (Wildman–Crippen LogP) is 5.59. The Morgan fingerprint density at radius 2 is 1.67 bits per heavy atom. The Kier molecular flexibility index (Phi) is 9.51. The van der Waals surface area contributed by atoms with Crippen LogP contribution < -0.4 is 10.2 Å². The molecule has 0 saturated carbocycles. The van der Waals surface area contributed by atoms with E-state index in [9.17, 15) is 41.5 Å². The van der Waals surface area contributed by atoms with Gasteiger partial charge >= 0.3 is 18.3 Å². The lowest BCUT2D eigenvalue weighted by Gasteiger charge is -2.43. The normalized spacial score (nSPS) is 16.6. The number of carbonyl (C=O) groups excluding carboxylic acids is 5. The molecule has 3 aromatic carbocycles. The van der Waals surface area contributed by atoms with E-state index >= 15 is 0 Å². The summed E-state index contributed by atoms with van der Waals surface area (Å²) in [5.41, 5.74) is -1.86. The Morgan fingerprint density at radius 3 is 2.33 bits per heavy atom. The lowest BCUT2D eigenvalue weighted by atomic mass is 9.85. The second-order valence-corrected chi connectivity index (χ2v) is 13.1. The number of imide groups is 1. The monoisotopic (exact) mass is 722 g/mol. The number of carbonyl (C=O) groups is 5. The van der Waals surface area contributed by atoms with Gasteiger partial charge in [-0.15, -0.1) is 0 Å². The van der Waals surface area contributed by atoms with Crippen LogP contribution in [0.3, 0.4) is 0 Å². The number of piperidine rings is 1. The maximum Gasteiger partial charge on any atom is 0.435 e. The molecule has 6 rings (SSSR count). The van der Waals surface area contributed by atoms with E-state index < -0.39 is 70.5 Å². The van der Waals surface area contributed by atoms with Crippen molar-refractivity contribution in [2.75, 3.05) is 25.0 Å². The van der Waals surface area contributed by atoms with E-state index in [0.29, 0.717) is 34.8 Å². The maximum absolute atomic E-state index is 14.5. The van der Waals surface area contributed by atoms with Crippen LogP contribution in [0.15, 0.2) is 72.9 Å². The fourth-order valence-corrected chi connectivity index (χ4v) is 6.61. The molecular weight excluding hydrogens is 688 g/mol. The quantitative estimate of drug-likeness (QED) is 0.194. The number of likely N-dealkylation sites (tertiary alicyclic amines) is 1. The number of likely N-dealkylation sites (N-methyl/N-ethyl adjacent to an activating group) is 1. The van der Waals surface area contributed by atoms with Crippen molar-refractivity contribution in [3.63, 3.8) is 0 Å². The highest BCUT2D eigenvalue weighted by atomic mass is 19.4. The summed E-state index contributed by atoms with van der Waals surface area (Å²) in [6.45, 7) is 3.26. The first-order valence-electron chi connectivity index (χ1n) is 16.4. The van der Waals surface area contributed by atoms with Gasteiger partial charge in [0.05, 0.1) is 22.8 Å². The Hall–Kier alpha value is -5.80. The molecule has 16 heteroatoms. The highest BCUT2D eigenvalue weighted by molar-refractivity contribution is 6.17. The van der Waals surface area contributed by atoms with Crippen molar-refractivity contribution >= 4 is 46.4 Å². The van der Waals surface area contributed by atoms with E-state index in [0.717, 1.165) is 15.1 Å². The number of hydrogen-bond acceptors (Lipinski definition) is 7. The number of nitrogens with zero attached hydrogens (tertiary/aromatic N) is 5. The first kappa shape index (κ1) is 36.0. The first-order chi connectivity index (χ1) is 24.6. The van der Waals surface area contributed by atoms with Crippen LogP contribution in [-0.2, 0) is 27.1 Å². The number of rotatable bonds is 7. The number of aromatic nitrogens is 2. The molecule has 1 aromatic heterocycles. The Morgan fingerprint density at radius 1 is 0.981 bits per heavy atom. The molecule has 0 unspecified atom stereocenters. The molecule has 2 saturated heterocycles. The van der Waals surface area contributed by atoms with Gasteiger partial charge in [0.1, 0.15) is 24.0 Å². The maximum atomic E-state index is 14.5. The minimum atomic E-state index is -4.81. The standard InChI is InChI=1S/C36H34F4N6O6/c1-21(2)29(42-30(47)26-18-24(36(38,39)40)9-11-27(26)37)31(48)44-15-13-35(14-16-44)32(49)43(3)33(50)45(35)25-10-12-28-23(17-25)19-41-46(28)34(51)52-20-22-7-5-4-6-8-22/h4-12,17-19,21,29H,13-16,20H2,1-3H3,(H,42,47)/t29-/m1/s1. The van der Waals surface area contributed by atoms with Gasteiger partial charge in [-0.05, 0) is 60.7 Å². The summed E-state index contributed by atoms with van der Waals surface area (Å²) in [7, 11) is 1.36. The average molecular weight is 723 g/mol. The van der Waals surface area contributed by atoms with Crippen molar-refractivity contribution in [2.24, 2.45) is 5.92 Å². The summed E-state index contributed by atoms with van der Waals surface area (Å²) >= 11 is 0. The number of hydrogen-bond donors (Lipinski definition) is 1. The van der Waals surface area contributed by atoms with Crippen LogP contribution in [0.1, 0.15) is 48.2 Å². The number of alkyl halides is 3. The number of halogens is 4. The van der Waals surface area contributed by atoms with Gasteiger partial charge in [-0.2, -0.15) is 23.0 Å². The Bertz CT molecular complexity index is 2060. The van der Waals surface area contributed by atoms with E-state index in [-0.39, 0.29) is 32.5 Å². The third kappa shape index (κ3) is 6.55. The third-order valence-electron chi connectivity index (χ3n) is 9.46. The number of benzene rings is 3. The lowest BCUT2D eigenvalue weighted by Crippen LogP contribution is -2.60. The second kappa shape index (κ2) is 13.7. The molecule has 0 bridgehead atoms. The molecule has 3 heterocycles. The molecular formula is C36H34F4N6O6. The fourth-order valence-electron chi connectivity index (χ4n) is 6.61. The SMILES string of the molecule is CC(C)[C@@H](NC(=O)c1cc(C(F)(F)F)ccc1F)C(=O)N1CCC2(CC1)C(=O)N(C)C(=O)N2c1ccc2c(cnn2C(=O)OCc2ccccc2)c1. The molecule has 2 aliphatic heterocycles. The van der Waals surface area contributed by atoms with E-state index in [1.54, 1.807) is 32.0 Å². The summed E-state index contributed by atoms with van der Waals surface area (Å²) in [6, 6.07) is 13.6. The van der Waals surface area contributed by atoms with Crippen LogP contribution in [0.4, 0.5) is 32.8 Å². The van der Waals surface area contributed by atoms with Crippen LogP contribution in [0, 0.1) is 11.7 Å². The largest absolute Gasteiger partial charge is 0.443 e. The van der Waals surface area contributed by atoms with E-state index in [1.807, 2.05) is 30.3 Å². The highest BCUT2D eigenvalue weighted by Crippen LogP contribution is 2.41. The molecule has 4 aromatic rings. The molecule has 1 N–H and O–H groups in total. The zero-order valence-corrected chi connectivity index (χ0v) is 28.3. The van der Waals surface area contributed by atoms with E-state index in [1.165, 1.54) is 23.0 Å². The number of anilines is 1. The molecule has 12 nitrogen and oxygen atoms in total. The van der Waals surface area contributed by atoms with Crippen LogP contribution in [0.5, 0.6) is 0 Å². The minimum absolute atomic E-state index is 0.00731. The van der Waals surface area contributed by atoms with Crippen molar-refractivity contribution < 1.29 is 46.3 Å². The summed E-state index contributed by atoms with van der Waals surface area (Å²) in [5, 5.41) is 7.06. The molecule has 2 aliphatic rings. The van der Waals surface area contributed by atoms with Gasteiger partial charge in [0.2, 0.25) is 5.91 Å². The molecule has 5 amide bonds. The van der Waals surface area contributed by atoms with Crippen molar-refractivity contribution in [1.82, 2.24) is 24.9 Å². The average Bonchev–Trinajstić information content (AvgIpc) is 3.62. The van der Waals surface area contributed by atoms with Crippen LogP contribution in [0.25, 0.3) is 10.9 Å². The predicted molar refractivity (Wildman–Crippen MR) is 178 cm³/mol. The van der Waals surface area contributed by atoms with Crippen LogP contribution in [-0.4, -0.2) is 81.1 Å². The minimum Gasteiger partial charge on any atom is -0.443 e. The molecule has 52 heavy (non-hydrogen) atoms.